The van der Waals surface area contributed by atoms with Crippen molar-refractivity contribution in [3.63, 3.8) is 0 Å². The van der Waals surface area contributed by atoms with Gasteiger partial charge in [0.2, 0.25) is 0 Å². The lowest BCUT2D eigenvalue weighted by Gasteiger charge is -2.34. The number of rotatable bonds is 5. The van der Waals surface area contributed by atoms with Crippen LogP contribution in [0.3, 0.4) is 0 Å². The molecule has 2 rings (SSSR count). The molecule has 0 bridgehead atoms. The summed E-state index contributed by atoms with van der Waals surface area (Å²) in [6.45, 7) is 10.3. The highest BCUT2D eigenvalue weighted by molar-refractivity contribution is 5.52. The number of aromatic nitrogens is 1. The monoisotopic (exact) mass is 277 g/mol. The van der Waals surface area contributed by atoms with Crippen LogP contribution in [0, 0.1) is 13.8 Å². The summed E-state index contributed by atoms with van der Waals surface area (Å²) in [7, 11) is 1.81. The third-order valence-electron chi connectivity index (χ3n) is 4.02. The molecule has 1 atom stereocenters. The molecule has 0 amide bonds. The van der Waals surface area contributed by atoms with Gasteiger partial charge in [-0.25, -0.2) is 4.98 Å². The number of piperidine rings is 1. The van der Waals surface area contributed by atoms with Crippen LogP contribution in [-0.4, -0.2) is 37.8 Å². The lowest BCUT2D eigenvalue weighted by atomic mass is 10.0. The number of hydrogen-bond donors (Lipinski definition) is 1. The highest BCUT2D eigenvalue weighted by Gasteiger charge is 2.23. The maximum absolute atomic E-state index is 5.54. The van der Waals surface area contributed by atoms with Gasteiger partial charge in [0.15, 0.2) is 0 Å². The number of nitrogens with one attached hydrogen (secondary N) is 1. The molecule has 1 aliphatic heterocycles. The first kappa shape index (κ1) is 15.3. The van der Waals surface area contributed by atoms with Gasteiger partial charge in [0, 0.05) is 38.0 Å². The van der Waals surface area contributed by atoms with Gasteiger partial charge in [-0.3, -0.25) is 0 Å². The standard InChI is InChI=1S/C16H27N3O/c1-5-17-10-15-12(2)9-13(3)18-16(15)19-8-6-7-14(11-19)20-4/h9,14,17H,5-8,10-11H2,1-4H3. The lowest BCUT2D eigenvalue weighted by Crippen LogP contribution is -2.40. The normalized spacial score (nSPS) is 19.4. The predicted octanol–water partition coefficient (Wildman–Crippen LogP) is 2.42. The second-order valence-electron chi connectivity index (χ2n) is 5.61. The van der Waals surface area contributed by atoms with Gasteiger partial charge in [0.25, 0.3) is 0 Å². The molecule has 1 aromatic heterocycles. The van der Waals surface area contributed by atoms with E-state index in [1.54, 1.807) is 0 Å². The Labute approximate surface area is 122 Å². The van der Waals surface area contributed by atoms with Crippen LogP contribution in [0.1, 0.15) is 36.6 Å². The molecular formula is C16H27N3O. The molecule has 0 spiro atoms. The molecule has 0 aromatic carbocycles. The Hall–Kier alpha value is -1.13. The molecule has 112 valence electrons. The second-order valence-corrected chi connectivity index (χ2v) is 5.61. The Morgan fingerprint density at radius 2 is 2.25 bits per heavy atom. The topological polar surface area (TPSA) is 37.4 Å². The summed E-state index contributed by atoms with van der Waals surface area (Å²) < 4.78 is 5.54. The van der Waals surface area contributed by atoms with Crippen molar-refractivity contribution in [2.45, 2.75) is 46.3 Å². The Kier molecular flexibility index (Phi) is 5.38. The minimum atomic E-state index is 0.332. The van der Waals surface area contributed by atoms with Crippen molar-refractivity contribution in [2.24, 2.45) is 0 Å². The number of aryl methyl sites for hydroxylation is 2. The van der Waals surface area contributed by atoms with Gasteiger partial charge in [0.05, 0.1) is 6.10 Å². The van der Waals surface area contributed by atoms with E-state index in [4.69, 9.17) is 9.72 Å². The molecule has 1 N–H and O–H groups in total. The minimum absolute atomic E-state index is 0.332. The first-order valence-corrected chi connectivity index (χ1v) is 7.61. The van der Waals surface area contributed by atoms with Gasteiger partial charge in [-0.15, -0.1) is 0 Å². The van der Waals surface area contributed by atoms with Gasteiger partial charge in [0.1, 0.15) is 5.82 Å². The summed E-state index contributed by atoms with van der Waals surface area (Å²) >= 11 is 0. The SMILES string of the molecule is CCNCc1c(C)cc(C)nc1N1CCCC(OC)C1. The molecule has 1 unspecified atom stereocenters. The lowest BCUT2D eigenvalue weighted by molar-refractivity contribution is 0.0891. The van der Waals surface area contributed by atoms with Crippen molar-refractivity contribution in [1.82, 2.24) is 10.3 Å². The number of ether oxygens (including phenoxy) is 1. The van der Waals surface area contributed by atoms with Crippen LogP contribution >= 0.6 is 0 Å². The highest BCUT2D eigenvalue weighted by atomic mass is 16.5. The molecular weight excluding hydrogens is 250 g/mol. The molecule has 4 heteroatoms. The average molecular weight is 277 g/mol. The summed E-state index contributed by atoms with van der Waals surface area (Å²) in [6, 6.07) is 2.17. The third-order valence-corrected chi connectivity index (χ3v) is 4.02. The van der Waals surface area contributed by atoms with E-state index in [-0.39, 0.29) is 0 Å². The van der Waals surface area contributed by atoms with Crippen LogP contribution in [-0.2, 0) is 11.3 Å². The summed E-state index contributed by atoms with van der Waals surface area (Å²) in [6.07, 6.45) is 2.66. The van der Waals surface area contributed by atoms with E-state index >= 15 is 0 Å². The van der Waals surface area contributed by atoms with Gasteiger partial charge in [-0.05, 0) is 44.9 Å². The number of methoxy groups -OCH3 is 1. The zero-order valence-corrected chi connectivity index (χ0v) is 13.2. The van der Waals surface area contributed by atoms with Gasteiger partial charge >= 0.3 is 0 Å². The second kappa shape index (κ2) is 7.04. The van der Waals surface area contributed by atoms with Crippen LogP contribution in [0.2, 0.25) is 0 Å². The van der Waals surface area contributed by atoms with Crippen LogP contribution in [0.5, 0.6) is 0 Å². The zero-order chi connectivity index (χ0) is 14.5. The third kappa shape index (κ3) is 3.49. The molecule has 20 heavy (non-hydrogen) atoms. The Bertz CT molecular complexity index is 448. The molecule has 1 aliphatic rings. The van der Waals surface area contributed by atoms with Crippen LogP contribution in [0.4, 0.5) is 5.82 Å². The Morgan fingerprint density at radius 1 is 1.45 bits per heavy atom. The van der Waals surface area contributed by atoms with Crippen molar-refractivity contribution in [2.75, 3.05) is 31.6 Å². The highest BCUT2D eigenvalue weighted by Crippen LogP contribution is 2.26. The van der Waals surface area contributed by atoms with E-state index in [1.165, 1.54) is 17.5 Å². The molecule has 0 saturated carbocycles. The molecule has 0 radical (unpaired) electrons. The van der Waals surface area contributed by atoms with Crippen LogP contribution in [0.15, 0.2) is 6.07 Å². The van der Waals surface area contributed by atoms with E-state index < -0.39 is 0 Å². The van der Waals surface area contributed by atoms with Crippen molar-refractivity contribution in [3.8, 4) is 0 Å². The minimum Gasteiger partial charge on any atom is -0.380 e. The maximum atomic E-state index is 5.54. The fourth-order valence-corrected chi connectivity index (χ4v) is 2.90. The smallest absolute Gasteiger partial charge is 0.133 e. The number of hydrogen-bond acceptors (Lipinski definition) is 4. The van der Waals surface area contributed by atoms with Gasteiger partial charge in [-0.1, -0.05) is 6.92 Å². The predicted molar refractivity (Wildman–Crippen MR) is 83.3 cm³/mol. The largest absolute Gasteiger partial charge is 0.380 e. The van der Waals surface area contributed by atoms with E-state index in [1.807, 2.05) is 7.11 Å². The summed E-state index contributed by atoms with van der Waals surface area (Å²) in [5.41, 5.74) is 3.75. The number of nitrogens with zero attached hydrogens (tertiary/aromatic N) is 2. The molecule has 0 aliphatic carbocycles. The quantitative estimate of drug-likeness (QED) is 0.897. The van der Waals surface area contributed by atoms with Gasteiger partial charge < -0.3 is 15.0 Å². The first-order chi connectivity index (χ1) is 9.65. The molecule has 1 saturated heterocycles. The number of anilines is 1. The van der Waals surface area contributed by atoms with Crippen molar-refractivity contribution in [3.05, 3.63) is 22.9 Å². The van der Waals surface area contributed by atoms with Gasteiger partial charge in [-0.2, -0.15) is 0 Å². The molecule has 2 heterocycles. The molecule has 1 fully saturated rings. The van der Waals surface area contributed by atoms with E-state index in [9.17, 15) is 0 Å². The summed E-state index contributed by atoms with van der Waals surface area (Å²) in [4.78, 5) is 7.20. The van der Waals surface area contributed by atoms with E-state index in [2.05, 4.69) is 37.1 Å². The van der Waals surface area contributed by atoms with Crippen molar-refractivity contribution < 1.29 is 4.74 Å². The molecule has 4 nitrogen and oxygen atoms in total. The summed E-state index contributed by atoms with van der Waals surface area (Å²) in [5.74, 6) is 1.14. The fourth-order valence-electron chi connectivity index (χ4n) is 2.90. The van der Waals surface area contributed by atoms with E-state index in [0.717, 1.165) is 44.1 Å². The molecule has 1 aromatic rings. The first-order valence-electron chi connectivity index (χ1n) is 7.61. The fraction of sp³-hybridized carbons (Fsp3) is 0.688. The zero-order valence-electron chi connectivity index (χ0n) is 13.2. The maximum Gasteiger partial charge on any atom is 0.133 e. The van der Waals surface area contributed by atoms with Crippen LogP contribution < -0.4 is 10.2 Å². The van der Waals surface area contributed by atoms with Crippen LogP contribution in [0.25, 0.3) is 0 Å². The summed E-state index contributed by atoms with van der Waals surface area (Å²) in [5, 5.41) is 3.43. The average Bonchev–Trinajstić information content (AvgIpc) is 2.45. The van der Waals surface area contributed by atoms with Crippen molar-refractivity contribution >= 4 is 5.82 Å². The van der Waals surface area contributed by atoms with Crippen molar-refractivity contribution in [1.29, 1.82) is 0 Å². The Morgan fingerprint density at radius 3 is 2.95 bits per heavy atom. The number of pyridine rings is 1. The van der Waals surface area contributed by atoms with E-state index in [0.29, 0.717) is 6.10 Å². The Balaban J connectivity index is 2.28.